The molecule has 0 radical (unpaired) electrons. The van der Waals surface area contributed by atoms with Gasteiger partial charge in [0.2, 0.25) is 5.91 Å². The molecule has 5 nitrogen and oxygen atoms in total. The topological polar surface area (TPSA) is 59.6 Å². The van der Waals surface area contributed by atoms with Gasteiger partial charge in [-0.1, -0.05) is 12.1 Å². The maximum atomic E-state index is 12.7. The summed E-state index contributed by atoms with van der Waals surface area (Å²) in [5.74, 6) is 0.182. The fourth-order valence-electron chi connectivity index (χ4n) is 3.57. The molecule has 24 heavy (non-hydrogen) atoms. The largest absolute Gasteiger partial charge is 0.389 e. The smallest absolute Gasteiger partial charge is 0.227 e. The van der Waals surface area contributed by atoms with Crippen LogP contribution in [0, 0.1) is 6.92 Å². The number of aryl methyl sites for hydroxylation is 1. The Balaban J connectivity index is 1.62. The Morgan fingerprint density at radius 1 is 1.25 bits per heavy atom. The second kappa shape index (κ2) is 6.57. The number of H-pyrrole nitrogens is 1. The molecule has 0 atom stereocenters. The first-order chi connectivity index (χ1) is 11.3. The number of hydrogen-bond acceptors (Lipinski definition) is 3. The van der Waals surface area contributed by atoms with Gasteiger partial charge in [0.15, 0.2) is 0 Å². The Labute approximate surface area is 143 Å². The molecule has 2 N–H and O–H groups in total. The van der Waals surface area contributed by atoms with Crippen LogP contribution < -0.4 is 0 Å². The molecule has 1 aliphatic rings. The van der Waals surface area contributed by atoms with Crippen molar-refractivity contribution in [3.8, 4) is 0 Å². The van der Waals surface area contributed by atoms with E-state index in [0.717, 1.165) is 37.3 Å². The monoisotopic (exact) mass is 329 g/mol. The number of aromatic amines is 1. The minimum Gasteiger partial charge on any atom is -0.389 e. The highest BCUT2D eigenvalue weighted by molar-refractivity contribution is 5.91. The van der Waals surface area contributed by atoms with Crippen molar-refractivity contribution in [3.05, 3.63) is 35.5 Å². The molecule has 1 fully saturated rings. The first kappa shape index (κ1) is 17.0. The van der Waals surface area contributed by atoms with Crippen LogP contribution in [0.5, 0.6) is 0 Å². The molecule has 1 aromatic heterocycles. The van der Waals surface area contributed by atoms with Gasteiger partial charge < -0.3 is 15.0 Å². The van der Waals surface area contributed by atoms with Crippen molar-refractivity contribution >= 4 is 16.8 Å². The number of aromatic nitrogens is 1. The van der Waals surface area contributed by atoms with E-state index in [4.69, 9.17) is 0 Å². The fourth-order valence-corrected chi connectivity index (χ4v) is 3.57. The number of carbonyl (C=O) groups excluding carboxylic acids is 1. The number of carbonyl (C=O) groups is 1. The van der Waals surface area contributed by atoms with E-state index in [1.807, 2.05) is 37.1 Å². The van der Waals surface area contributed by atoms with Crippen molar-refractivity contribution < 1.29 is 9.90 Å². The van der Waals surface area contributed by atoms with E-state index in [-0.39, 0.29) is 5.91 Å². The Bertz CT molecular complexity index is 722. The number of aliphatic hydroxyl groups is 1. The second-order valence-corrected chi connectivity index (χ2v) is 7.46. The summed E-state index contributed by atoms with van der Waals surface area (Å²) in [7, 11) is 0. The number of benzene rings is 1. The zero-order valence-corrected chi connectivity index (χ0v) is 14.8. The van der Waals surface area contributed by atoms with Gasteiger partial charge in [-0.3, -0.25) is 9.69 Å². The normalized spacial score (nSPS) is 16.8. The highest BCUT2D eigenvalue weighted by Gasteiger charge is 2.25. The van der Waals surface area contributed by atoms with Gasteiger partial charge in [0.25, 0.3) is 0 Å². The molecule has 5 heteroatoms. The maximum Gasteiger partial charge on any atom is 0.227 e. The van der Waals surface area contributed by atoms with Crippen molar-refractivity contribution in [1.29, 1.82) is 0 Å². The first-order valence-electron chi connectivity index (χ1n) is 8.61. The highest BCUT2D eigenvalue weighted by Crippen LogP contribution is 2.23. The number of hydrogen-bond donors (Lipinski definition) is 2. The molecule has 0 saturated carbocycles. The quantitative estimate of drug-likeness (QED) is 0.901. The van der Waals surface area contributed by atoms with Crippen LogP contribution in [0.2, 0.25) is 0 Å². The minimum absolute atomic E-state index is 0.182. The van der Waals surface area contributed by atoms with Crippen LogP contribution in [0.3, 0.4) is 0 Å². The van der Waals surface area contributed by atoms with E-state index >= 15 is 0 Å². The lowest BCUT2D eigenvalue weighted by atomic mass is 10.0. The van der Waals surface area contributed by atoms with Crippen molar-refractivity contribution in [2.75, 3.05) is 32.7 Å². The van der Waals surface area contributed by atoms with Gasteiger partial charge in [0.1, 0.15) is 0 Å². The lowest BCUT2D eigenvalue weighted by molar-refractivity contribution is -0.132. The van der Waals surface area contributed by atoms with Crippen LogP contribution >= 0.6 is 0 Å². The predicted molar refractivity (Wildman–Crippen MR) is 96.1 cm³/mol. The lowest BCUT2D eigenvalue weighted by Gasteiger charge is -2.37. The molecule has 0 spiro atoms. The van der Waals surface area contributed by atoms with Crippen LogP contribution in [0.1, 0.15) is 25.0 Å². The van der Waals surface area contributed by atoms with E-state index in [0.29, 0.717) is 13.0 Å². The van der Waals surface area contributed by atoms with Gasteiger partial charge >= 0.3 is 0 Å². The molecule has 2 heterocycles. The Hall–Kier alpha value is -1.85. The van der Waals surface area contributed by atoms with Crippen LogP contribution in [0.4, 0.5) is 0 Å². The maximum absolute atomic E-state index is 12.7. The molecule has 130 valence electrons. The third kappa shape index (κ3) is 3.79. The summed E-state index contributed by atoms with van der Waals surface area (Å²) in [6.07, 6.45) is 2.40. The number of fused-ring (bicyclic) bond motifs is 1. The third-order valence-electron chi connectivity index (χ3n) is 4.67. The van der Waals surface area contributed by atoms with Gasteiger partial charge in [-0.05, 0) is 38.0 Å². The summed E-state index contributed by atoms with van der Waals surface area (Å²) in [5.41, 5.74) is 2.68. The molecule has 0 aliphatic carbocycles. The molecule has 1 aliphatic heterocycles. The van der Waals surface area contributed by atoms with Gasteiger partial charge in [0.05, 0.1) is 12.0 Å². The molecule has 1 aromatic carbocycles. The third-order valence-corrected chi connectivity index (χ3v) is 4.67. The molecule has 1 amide bonds. The van der Waals surface area contributed by atoms with E-state index in [2.05, 4.69) is 22.9 Å². The molecule has 0 unspecified atom stereocenters. The Morgan fingerprint density at radius 3 is 2.62 bits per heavy atom. The van der Waals surface area contributed by atoms with Gasteiger partial charge in [0, 0.05) is 49.8 Å². The number of piperazine rings is 1. The van der Waals surface area contributed by atoms with Gasteiger partial charge in [-0.25, -0.2) is 0 Å². The van der Waals surface area contributed by atoms with Crippen molar-refractivity contribution in [3.63, 3.8) is 0 Å². The number of amides is 1. The molecule has 0 bridgehead atoms. The Morgan fingerprint density at radius 2 is 1.96 bits per heavy atom. The second-order valence-electron chi connectivity index (χ2n) is 7.46. The standard InChI is InChI=1S/C19H27N3O2/c1-14-5-4-6-16-18(14)15(12-20-16)11-17(23)22-9-7-21(8-10-22)13-19(2,3)24/h4-6,12,20,24H,7-11,13H2,1-3H3. The first-order valence-corrected chi connectivity index (χ1v) is 8.61. The van der Waals surface area contributed by atoms with E-state index in [1.165, 1.54) is 10.9 Å². The summed E-state index contributed by atoms with van der Waals surface area (Å²) in [5, 5.41) is 11.1. The molecule has 2 aromatic rings. The number of nitrogens with zero attached hydrogens (tertiary/aromatic N) is 2. The predicted octanol–water partition coefficient (Wildman–Crippen LogP) is 1.93. The van der Waals surface area contributed by atoms with Crippen molar-refractivity contribution in [2.45, 2.75) is 32.8 Å². The lowest BCUT2D eigenvalue weighted by Crippen LogP contribution is -2.52. The average Bonchev–Trinajstić information content (AvgIpc) is 2.91. The SMILES string of the molecule is Cc1cccc2[nH]cc(CC(=O)N3CCN(CC(C)(C)O)CC3)c12. The van der Waals surface area contributed by atoms with Crippen LogP contribution in [0.25, 0.3) is 10.9 Å². The number of rotatable bonds is 4. The average molecular weight is 329 g/mol. The zero-order chi connectivity index (χ0) is 17.3. The highest BCUT2D eigenvalue weighted by atomic mass is 16.3. The molecule has 3 rings (SSSR count). The summed E-state index contributed by atoms with van der Waals surface area (Å²) in [6, 6.07) is 6.16. The zero-order valence-electron chi connectivity index (χ0n) is 14.8. The van der Waals surface area contributed by atoms with Gasteiger partial charge in [-0.15, -0.1) is 0 Å². The fraction of sp³-hybridized carbons (Fsp3) is 0.526. The molecular weight excluding hydrogens is 302 g/mol. The van der Waals surface area contributed by atoms with Crippen LogP contribution in [-0.4, -0.2) is 64.1 Å². The number of nitrogens with one attached hydrogen (secondary N) is 1. The van der Waals surface area contributed by atoms with Gasteiger partial charge in [-0.2, -0.15) is 0 Å². The summed E-state index contributed by atoms with van der Waals surface area (Å²) < 4.78 is 0. The van der Waals surface area contributed by atoms with Crippen molar-refractivity contribution in [1.82, 2.24) is 14.8 Å². The minimum atomic E-state index is -0.687. The van der Waals surface area contributed by atoms with Crippen LogP contribution in [-0.2, 0) is 11.2 Å². The Kier molecular flexibility index (Phi) is 4.65. The van der Waals surface area contributed by atoms with E-state index < -0.39 is 5.60 Å². The van der Waals surface area contributed by atoms with Crippen LogP contribution in [0.15, 0.2) is 24.4 Å². The number of β-amino-alcohol motifs (C(OH)–C–C–N with tert-alkyl or cyclic N) is 1. The van der Waals surface area contributed by atoms with Crippen molar-refractivity contribution in [2.24, 2.45) is 0 Å². The molecule has 1 saturated heterocycles. The summed E-state index contributed by atoms with van der Waals surface area (Å²) >= 11 is 0. The summed E-state index contributed by atoms with van der Waals surface area (Å²) in [6.45, 7) is 9.49. The van der Waals surface area contributed by atoms with E-state index in [1.54, 1.807) is 0 Å². The molecular formula is C19H27N3O2. The summed E-state index contributed by atoms with van der Waals surface area (Å²) in [4.78, 5) is 20.1. The van der Waals surface area contributed by atoms with E-state index in [9.17, 15) is 9.90 Å².